The van der Waals surface area contributed by atoms with Gasteiger partial charge in [0.05, 0.1) is 25.8 Å². The van der Waals surface area contributed by atoms with E-state index in [1.54, 1.807) is 30.3 Å². The summed E-state index contributed by atoms with van der Waals surface area (Å²) in [6.07, 6.45) is 0. The lowest BCUT2D eigenvalue weighted by molar-refractivity contribution is -0.132. The number of Topliss-reactive ketones (excluding diaryl/α,β-unsaturated/α-hetero) is 1. The number of anilines is 2. The smallest absolute Gasteiger partial charge is 0.300 e. The fraction of sp³-hybridized carbons (Fsp3) is 0.267. The molecule has 1 N–H and O–H groups in total. The van der Waals surface area contributed by atoms with E-state index in [-0.39, 0.29) is 16.9 Å². The Morgan fingerprint density at radius 2 is 1.46 bits per heavy atom. The first-order valence-electron chi connectivity index (χ1n) is 12.3. The summed E-state index contributed by atoms with van der Waals surface area (Å²) in [5.41, 5.74) is 3.53. The van der Waals surface area contributed by atoms with E-state index in [1.807, 2.05) is 43.3 Å². The molecule has 1 aliphatic heterocycles. The molecular weight excluding hydrogens is 468 g/mol. The lowest BCUT2D eigenvalue weighted by Gasteiger charge is -2.27. The van der Waals surface area contributed by atoms with Crippen LogP contribution in [0.3, 0.4) is 0 Å². The number of hydrogen-bond acceptors (Lipinski definition) is 6. The van der Waals surface area contributed by atoms with E-state index >= 15 is 0 Å². The Morgan fingerprint density at radius 3 is 1.97 bits per heavy atom. The van der Waals surface area contributed by atoms with Gasteiger partial charge >= 0.3 is 0 Å². The van der Waals surface area contributed by atoms with Gasteiger partial charge in [0.25, 0.3) is 11.7 Å². The number of methoxy groups -OCH3 is 2. The van der Waals surface area contributed by atoms with Crippen molar-refractivity contribution >= 4 is 28.8 Å². The van der Waals surface area contributed by atoms with Gasteiger partial charge < -0.3 is 19.5 Å². The molecule has 37 heavy (non-hydrogen) atoms. The summed E-state index contributed by atoms with van der Waals surface area (Å²) in [7, 11) is 2.94. The number of nitrogens with zero attached hydrogens (tertiary/aromatic N) is 2. The van der Waals surface area contributed by atoms with E-state index in [9.17, 15) is 14.7 Å². The van der Waals surface area contributed by atoms with Gasteiger partial charge in [0.1, 0.15) is 22.8 Å². The third kappa shape index (κ3) is 4.65. The number of benzene rings is 3. The number of amides is 1. The quantitative estimate of drug-likeness (QED) is 0.251. The number of carbonyl (C=O) groups excluding carboxylic acids is 2. The van der Waals surface area contributed by atoms with Gasteiger partial charge in [-0.05, 0) is 62.7 Å². The van der Waals surface area contributed by atoms with Crippen molar-refractivity contribution in [1.29, 1.82) is 0 Å². The summed E-state index contributed by atoms with van der Waals surface area (Å²) in [6.45, 7) is 7.83. The largest absolute Gasteiger partial charge is 0.506 e. The van der Waals surface area contributed by atoms with E-state index in [2.05, 4.69) is 18.7 Å². The van der Waals surface area contributed by atoms with Crippen LogP contribution in [-0.4, -0.2) is 44.1 Å². The summed E-state index contributed by atoms with van der Waals surface area (Å²) in [6, 6.07) is 19.4. The topological polar surface area (TPSA) is 79.3 Å². The number of rotatable bonds is 8. The van der Waals surface area contributed by atoms with Gasteiger partial charge in [-0.3, -0.25) is 14.5 Å². The molecular formula is C30H32N2O5. The Balaban J connectivity index is 1.96. The summed E-state index contributed by atoms with van der Waals surface area (Å²) >= 11 is 0. The van der Waals surface area contributed by atoms with Crippen LogP contribution in [0.2, 0.25) is 0 Å². The summed E-state index contributed by atoms with van der Waals surface area (Å²) < 4.78 is 10.9. The Kier molecular flexibility index (Phi) is 7.53. The first kappa shape index (κ1) is 25.8. The molecule has 7 heteroatoms. The molecule has 4 rings (SSSR count). The molecule has 1 saturated heterocycles. The molecule has 3 aromatic rings. The second kappa shape index (κ2) is 10.8. The van der Waals surface area contributed by atoms with E-state index in [1.165, 1.54) is 19.1 Å². The van der Waals surface area contributed by atoms with Crippen molar-refractivity contribution in [2.75, 3.05) is 37.1 Å². The van der Waals surface area contributed by atoms with Crippen molar-refractivity contribution in [3.8, 4) is 11.5 Å². The summed E-state index contributed by atoms with van der Waals surface area (Å²) in [5.74, 6) is -1.18. The third-order valence-electron chi connectivity index (χ3n) is 6.76. The van der Waals surface area contributed by atoms with Gasteiger partial charge in [-0.1, -0.05) is 35.9 Å². The molecule has 0 aliphatic carbocycles. The molecule has 1 unspecified atom stereocenters. The molecule has 7 nitrogen and oxygen atoms in total. The van der Waals surface area contributed by atoms with Gasteiger partial charge in [0.2, 0.25) is 0 Å². The van der Waals surface area contributed by atoms with Crippen molar-refractivity contribution in [1.82, 2.24) is 0 Å². The zero-order chi connectivity index (χ0) is 26.7. The molecule has 0 radical (unpaired) electrons. The summed E-state index contributed by atoms with van der Waals surface area (Å²) in [4.78, 5) is 30.6. The number of ether oxygens (including phenoxy) is 2. The molecule has 1 aliphatic rings. The van der Waals surface area contributed by atoms with E-state index < -0.39 is 17.7 Å². The van der Waals surface area contributed by atoms with Gasteiger partial charge in [-0.25, -0.2) is 0 Å². The maximum Gasteiger partial charge on any atom is 0.300 e. The van der Waals surface area contributed by atoms with E-state index in [4.69, 9.17) is 9.47 Å². The SMILES string of the molecule is CCN(CC)c1ccc(C2/C(=C(\O)c3c(OC)cccc3OC)C(=O)C(=O)N2c2ccc(C)cc2)cc1. The molecule has 0 spiro atoms. The van der Waals surface area contributed by atoms with Gasteiger partial charge in [0, 0.05) is 24.5 Å². The number of carbonyl (C=O) groups is 2. The van der Waals surface area contributed by atoms with Gasteiger partial charge in [0.15, 0.2) is 0 Å². The average molecular weight is 501 g/mol. The fourth-order valence-electron chi connectivity index (χ4n) is 4.80. The Labute approximate surface area is 217 Å². The molecule has 1 heterocycles. The summed E-state index contributed by atoms with van der Waals surface area (Å²) in [5, 5.41) is 11.6. The number of hydrogen-bond donors (Lipinski definition) is 1. The van der Waals surface area contributed by atoms with Crippen LogP contribution in [0, 0.1) is 6.92 Å². The predicted octanol–water partition coefficient (Wildman–Crippen LogP) is 5.48. The molecule has 1 fully saturated rings. The van der Waals surface area contributed by atoms with Crippen LogP contribution in [0.15, 0.2) is 72.3 Å². The number of aryl methyl sites for hydroxylation is 1. The highest BCUT2D eigenvalue weighted by atomic mass is 16.5. The van der Waals surface area contributed by atoms with Crippen molar-refractivity contribution in [2.45, 2.75) is 26.8 Å². The second-order valence-corrected chi connectivity index (χ2v) is 8.81. The van der Waals surface area contributed by atoms with Crippen LogP contribution in [0.25, 0.3) is 5.76 Å². The third-order valence-corrected chi connectivity index (χ3v) is 6.76. The second-order valence-electron chi connectivity index (χ2n) is 8.81. The molecule has 0 aromatic heterocycles. The number of aliphatic hydroxyl groups excluding tert-OH is 1. The lowest BCUT2D eigenvalue weighted by Crippen LogP contribution is -2.29. The zero-order valence-electron chi connectivity index (χ0n) is 21.8. The van der Waals surface area contributed by atoms with Crippen LogP contribution in [0.5, 0.6) is 11.5 Å². The Morgan fingerprint density at radius 1 is 0.892 bits per heavy atom. The van der Waals surface area contributed by atoms with Crippen LogP contribution >= 0.6 is 0 Å². The molecule has 192 valence electrons. The normalized spacial score (nSPS) is 16.7. The highest BCUT2D eigenvalue weighted by Crippen LogP contribution is 2.45. The van der Waals surface area contributed by atoms with Crippen LogP contribution < -0.4 is 19.3 Å². The molecule has 1 amide bonds. The maximum absolute atomic E-state index is 13.5. The molecule has 0 saturated carbocycles. The van der Waals surface area contributed by atoms with E-state index in [0.717, 1.165) is 24.3 Å². The number of aliphatic hydroxyl groups is 1. The van der Waals surface area contributed by atoms with Crippen molar-refractivity contribution < 1.29 is 24.2 Å². The lowest BCUT2D eigenvalue weighted by atomic mass is 9.94. The van der Waals surface area contributed by atoms with Crippen LogP contribution in [0.4, 0.5) is 11.4 Å². The highest BCUT2D eigenvalue weighted by molar-refractivity contribution is 6.51. The zero-order valence-corrected chi connectivity index (χ0v) is 21.8. The van der Waals surface area contributed by atoms with Crippen molar-refractivity contribution in [3.63, 3.8) is 0 Å². The first-order chi connectivity index (χ1) is 17.9. The van der Waals surface area contributed by atoms with Gasteiger partial charge in [-0.2, -0.15) is 0 Å². The molecule has 3 aromatic carbocycles. The maximum atomic E-state index is 13.5. The fourth-order valence-corrected chi connectivity index (χ4v) is 4.80. The van der Waals surface area contributed by atoms with Crippen molar-refractivity contribution in [3.05, 3.63) is 89.0 Å². The minimum atomic E-state index is -0.844. The van der Waals surface area contributed by atoms with E-state index in [0.29, 0.717) is 22.7 Å². The Bertz CT molecular complexity index is 1300. The molecule has 0 bridgehead atoms. The minimum Gasteiger partial charge on any atom is -0.506 e. The van der Waals surface area contributed by atoms with Crippen LogP contribution in [-0.2, 0) is 9.59 Å². The average Bonchev–Trinajstić information content (AvgIpc) is 3.19. The van der Waals surface area contributed by atoms with Crippen molar-refractivity contribution in [2.24, 2.45) is 0 Å². The first-order valence-corrected chi connectivity index (χ1v) is 12.3. The molecule has 1 atom stereocenters. The monoisotopic (exact) mass is 500 g/mol. The Hall–Kier alpha value is -4.26. The highest BCUT2D eigenvalue weighted by Gasteiger charge is 2.47. The van der Waals surface area contributed by atoms with Gasteiger partial charge in [-0.15, -0.1) is 0 Å². The number of ketones is 1. The predicted molar refractivity (Wildman–Crippen MR) is 146 cm³/mol. The van der Waals surface area contributed by atoms with Crippen LogP contribution in [0.1, 0.15) is 36.6 Å². The standard InChI is InChI=1S/C30H32N2O5/c1-6-31(7-2)21-17-13-20(14-18-21)27-26(28(33)25-23(36-4)9-8-10-24(25)37-5)29(34)30(35)32(27)22-15-11-19(3)12-16-22/h8-18,27,33H,6-7H2,1-5H3/b28-26+. The minimum absolute atomic E-state index is 0.0241.